The van der Waals surface area contributed by atoms with Crippen molar-refractivity contribution in [3.8, 4) is 11.5 Å². The summed E-state index contributed by atoms with van der Waals surface area (Å²) in [6.07, 6.45) is 4.52. The molecule has 0 atom stereocenters. The van der Waals surface area contributed by atoms with Gasteiger partial charge in [-0.3, -0.25) is 4.79 Å². The van der Waals surface area contributed by atoms with E-state index >= 15 is 0 Å². The standard InChI is InChI=1S/C22H30N4O5S2/c1-30-18-7-6-17(14-19(18)31-2)33(28,29)26-12-8-16(9-13-26)21(27)23-20-15-32-22(24-20)25-10-4-3-5-11-25/h6-7,14-16H,3-5,8-13H2,1-2H3,(H,23,27). The van der Waals surface area contributed by atoms with Gasteiger partial charge < -0.3 is 19.7 Å². The van der Waals surface area contributed by atoms with Gasteiger partial charge in [-0.25, -0.2) is 13.4 Å². The highest BCUT2D eigenvalue weighted by molar-refractivity contribution is 7.89. The molecule has 2 aliphatic heterocycles. The van der Waals surface area contributed by atoms with Crippen LogP contribution in [0.25, 0.3) is 0 Å². The zero-order valence-corrected chi connectivity index (χ0v) is 20.6. The number of sulfonamides is 1. The number of methoxy groups -OCH3 is 2. The number of anilines is 2. The summed E-state index contributed by atoms with van der Waals surface area (Å²) in [5.74, 6) is 1.05. The van der Waals surface area contributed by atoms with Gasteiger partial charge in [0, 0.05) is 43.5 Å². The van der Waals surface area contributed by atoms with Crippen LogP contribution in [-0.2, 0) is 14.8 Å². The highest BCUT2D eigenvalue weighted by Crippen LogP contribution is 2.32. The van der Waals surface area contributed by atoms with Gasteiger partial charge in [-0.2, -0.15) is 4.31 Å². The molecule has 0 radical (unpaired) electrons. The zero-order valence-electron chi connectivity index (χ0n) is 19.0. The number of piperidine rings is 2. The van der Waals surface area contributed by atoms with Gasteiger partial charge in [0.1, 0.15) is 5.82 Å². The third-order valence-electron chi connectivity index (χ3n) is 6.19. The molecule has 33 heavy (non-hydrogen) atoms. The minimum absolute atomic E-state index is 0.103. The van der Waals surface area contributed by atoms with E-state index in [1.807, 2.05) is 5.38 Å². The van der Waals surface area contributed by atoms with Crippen LogP contribution in [0.1, 0.15) is 32.1 Å². The number of nitrogens with zero attached hydrogens (tertiary/aromatic N) is 3. The zero-order chi connectivity index (χ0) is 23.4. The first-order valence-corrected chi connectivity index (χ1v) is 13.5. The number of hydrogen-bond donors (Lipinski definition) is 1. The van der Waals surface area contributed by atoms with E-state index in [0.29, 0.717) is 30.2 Å². The fourth-order valence-corrected chi connectivity index (χ4v) is 6.56. The maximum absolute atomic E-state index is 13.1. The van der Waals surface area contributed by atoms with Crippen LogP contribution in [0.4, 0.5) is 10.9 Å². The van der Waals surface area contributed by atoms with Crippen molar-refractivity contribution in [3.05, 3.63) is 23.6 Å². The largest absolute Gasteiger partial charge is 0.493 e. The number of thiazole rings is 1. The fraction of sp³-hybridized carbons (Fsp3) is 0.545. The van der Waals surface area contributed by atoms with Crippen LogP contribution in [-0.4, -0.2) is 64.0 Å². The Labute approximate surface area is 198 Å². The van der Waals surface area contributed by atoms with Crippen molar-refractivity contribution in [2.24, 2.45) is 5.92 Å². The second kappa shape index (κ2) is 10.3. The number of hydrogen-bond acceptors (Lipinski definition) is 8. The number of amides is 1. The lowest BCUT2D eigenvalue weighted by atomic mass is 9.97. The molecule has 0 saturated carbocycles. The van der Waals surface area contributed by atoms with Crippen LogP contribution in [0.2, 0.25) is 0 Å². The van der Waals surface area contributed by atoms with E-state index < -0.39 is 10.0 Å². The quantitative estimate of drug-likeness (QED) is 0.631. The lowest BCUT2D eigenvalue weighted by molar-refractivity contribution is -0.120. The molecular weight excluding hydrogens is 464 g/mol. The van der Waals surface area contributed by atoms with E-state index in [2.05, 4.69) is 15.2 Å². The molecule has 2 saturated heterocycles. The van der Waals surface area contributed by atoms with Gasteiger partial charge in [0.05, 0.1) is 19.1 Å². The van der Waals surface area contributed by atoms with Gasteiger partial charge in [0.15, 0.2) is 16.6 Å². The van der Waals surface area contributed by atoms with E-state index in [1.165, 1.54) is 49.9 Å². The molecule has 4 rings (SSSR count). The average Bonchev–Trinajstić information content (AvgIpc) is 3.32. The molecule has 1 N–H and O–H groups in total. The number of nitrogens with one attached hydrogen (secondary N) is 1. The van der Waals surface area contributed by atoms with Crippen molar-refractivity contribution in [3.63, 3.8) is 0 Å². The predicted octanol–water partition coefficient (Wildman–Crippen LogP) is 3.19. The lowest BCUT2D eigenvalue weighted by Crippen LogP contribution is -2.41. The molecule has 2 aliphatic rings. The normalized spacial score (nSPS) is 18.2. The number of carbonyl (C=O) groups excluding carboxylic acids is 1. The van der Waals surface area contributed by atoms with Crippen LogP contribution in [0, 0.1) is 5.92 Å². The first-order valence-electron chi connectivity index (χ1n) is 11.2. The Balaban J connectivity index is 1.34. The van der Waals surface area contributed by atoms with Crippen molar-refractivity contribution in [2.75, 3.05) is 50.6 Å². The van der Waals surface area contributed by atoms with E-state index in [-0.39, 0.29) is 29.8 Å². The fourth-order valence-electron chi connectivity index (χ4n) is 4.26. The highest BCUT2D eigenvalue weighted by Gasteiger charge is 2.33. The average molecular weight is 495 g/mol. The Hall–Kier alpha value is -2.37. The summed E-state index contributed by atoms with van der Waals surface area (Å²) in [7, 11) is -0.717. The maximum atomic E-state index is 13.1. The summed E-state index contributed by atoms with van der Waals surface area (Å²) < 4.78 is 38.0. The molecule has 2 fully saturated rings. The molecule has 1 aromatic carbocycles. The Morgan fingerprint density at radius 3 is 2.42 bits per heavy atom. The molecule has 1 amide bonds. The lowest BCUT2D eigenvalue weighted by Gasteiger charge is -2.30. The van der Waals surface area contributed by atoms with Gasteiger partial charge in [0.2, 0.25) is 15.9 Å². The Morgan fingerprint density at radius 1 is 1.06 bits per heavy atom. The molecule has 0 spiro atoms. The Kier molecular flexibility index (Phi) is 7.40. The minimum atomic E-state index is -3.69. The van der Waals surface area contributed by atoms with Crippen molar-refractivity contribution < 1.29 is 22.7 Å². The van der Waals surface area contributed by atoms with E-state index in [0.717, 1.165) is 18.2 Å². The Bertz CT molecular complexity index is 1070. The van der Waals surface area contributed by atoms with Crippen LogP contribution >= 0.6 is 11.3 Å². The van der Waals surface area contributed by atoms with Gasteiger partial charge in [-0.15, -0.1) is 11.3 Å². The number of rotatable bonds is 7. The second-order valence-electron chi connectivity index (χ2n) is 8.25. The Morgan fingerprint density at radius 2 is 1.76 bits per heavy atom. The summed E-state index contributed by atoms with van der Waals surface area (Å²) >= 11 is 1.55. The summed E-state index contributed by atoms with van der Waals surface area (Å²) in [5, 5.41) is 5.74. The summed E-state index contributed by atoms with van der Waals surface area (Å²) in [6.45, 7) is 2.58. The van der Waals surface area contributed by atoms with Crippen molar-refractivity contribution in [1.82, 2.24) is 9.29 Å². The topological polar surface area (TPSA) is 101 Å². The van der Waals surface area contributed by atoms with Crippen LogP contribution in [0.15, 0.2) is 28.5 Å². The molecule has 2 aromatic rings. The minimum Gasteiger partial charge on any atom is -0.493 e. The van der Waals surface area contributed by atoms with Gasteiger partial charge in [0.25, 0.3) is 0 Å². The number of aromatic nitrogens is 1. The maximum Gasteiger partial charge on any atom is 0.243 e. The van der Waals surface area contributed by atoms with Gasteiger partial charge in [-0.05, 0) is 44.2 Å². The van der Waals surface area contributed by atoms with Gasteiger partial charge >= 0.3 is 0 Å². The molecule has 0 bridgehead atoms. The highest BCUT2D eigenvalue weighted by atomic mass is 32.2. The summed E-state index contributed by atoms with van der Waals surface area (Å²) in [5.41, 5.74) is 0. The second-order valence-corrected chi connectivity index (χ2v) is 11.0. The number of carbonyl (C=O) groups is 1. The third-order valence-corrected chi connectivity index (χ3v) is 8.98. The molecule has 11 heteroatoms. The molecule has 9 nitrogen and oxygen atoms in total. The van der Waals surface area contributed by atoms with Crippen LogP contribution in [0.3, 0.4) is 0 Å². The van der Waals surface area contributed by atoms with Gasteiger partial charge in [-0.1, -0.05) is 0 Å². The first kappa shape index (κ1) is 23.8. The molecule has 0 unspecified atom stereocenters. The monoisotopic (exact) mass is 494 g/mol. The summed E-state index contributed by atoms with van der Waals surface area (Å²) in [4.78, 5) is 19.8. The van der Waals surface area contributed by atoms with E-state index in [1.54, 1.807) is 17.4 Å². The van der Waals surface area contributed by atoms with Crippen molar-refractivity contribution in [2.45, 2.75) is 37.0 Å². The molecule has 0 aliphatic carbocycles. The first-order chi connectivity index (χ1) is 15.9. The molecular formula is C22H30N4O5S2. The summed E-state index contributed by atoms with van der Waals surface area (Å²) in [6, 6.07) is 4.56. The SMILES string of the molecule is COc1ccc(S(=O)(=O)N2CCC(C(=O)Nc3csc(N4CCCCC4)n3)CC2)cc1OC. The molecule has 1 aromatic heterocycles. The number of ether oxygens (including phenoxy) is 2. The van der Waals surface area contributed by atoms with Crippen molar-refractivity contribution >= 4 is 38.2 Å². The smallest absolute Gasteiger partial charge is 0.243 e. The molecule has 180 valence electrons. The van der Waals surface area contributed by atoms with E-state index in [4.69, 9.17) is 9.47 Å². The number of benzene rings is 1. The van der Waals surface area contributed by atoms with Crippen LogP contribution < -0.4 is 19.7 Å². The van der Waals surface area contributed by atoms with Crippen LogP contribution in [0.5, 0.6) is 11.5 Å². The predicted molar refractivity (Wildman–Crippen MR) is 128 cm³/mol. The van der Waals surface area contributed by atoms with Crippen molar-refractivity contribution in [1.29, 1.82) is 0 Å². The third kappa shape index (κ3) is 5.25. The van der Waals surface area contributed by atoms with E-state index in [9.17, 15) is 13.2 Å². The molecule has 3 heterocycles.